The molecule has 3 aromatic rings. The number of halogens is 1. The summed E-state index contributed by atoms with van der Waals surface area (Å²) < 4.78 is 7.77. The molecule has 0 spiro atoms. The SMILES string of the molecule is Clc1ccc(Cn2c(CN3CCOCC3)nc3ccccc32)cc1. The molecule has 5 heteroatoms. The van der Waals surface area contributed by atoms with Crippen molar-refractivity contribution in [1.29, 1.82) is 0 Å². The second-order valence-corrected chi connectivity index (χ2v) is 6.55. The van der Waals surface area contributed by atoms with Crippen molar-refractivity contribution in [2.24, 2.45) is 0 Å². The Morgan fingerprint density at radius 2 is 1.71 bits per heavy atom. The lowest BCUT2D eigenvalue weighted by molar-refractivity contribution is 0.0327. The average Bonchev–Trinajstić information content (AvgIpc) is 2.95. The van der Waals surface area contributed by atoms with Crippen molar-refractivity contribution in [3.8, 4) is 0 Å². The lowest BCUT2D eigenvalue weighted by Gasteiger charge is -2.26. The van der Waals surface area contributed by atoms with Gasteiger partial charge in [-0.2, -0.15) is 0 Å². The van der Waals surface area contributed by atoms with E-state index >= 15 is 0 Å². The normalized spacial score (nSPS) is 15.9. The Hall–Kier alpha value is -1.88. The van der Waals surface area contributed by atoms with Crippen LogP contribution in [0.2, 0.25) is 5.02 Å². The third-order valence-corrected chi connectivity index (χ3v) is 4.71. The zero-order chi connectivity index (χ0) is 16.4. The summed E-state index contributed by atoms with van der Waals surface area (Å²) >= 11 is 6.01. The summed E-state index contributed by atoms with van der Waals surface area (Å²) in [6, 6.07) is 16.4. The van der Waals surface area contributed by atoms with Crippen LogP contribution in [0.4, 0.5) is 0 Å². The van der Waals surface area contributed by atoms with Gasteiger partial charge in [-0.1, -0.05) is 35.9 Å². The van der Waals surface area contributed by atoms with E-state index in [1.165, 1.54) is 11.1 Å². The molecule has 4 nitrogen and oxygen atoms in total. The van der Waals surface area contributed by atoms with Crippen LogP contribution in [0.25, 0.3) is 11.0 Å². The maximum Gasteiger partial charge on any atom is 0.124 e. The van der Waals surface area contributed by atoms with Crippen LogP contribution in [0.3, 0.4) is 0 Å². The molecule has 0 N–H and O–H groups in total. The molecule has 1 saturated heterocycles. The molecule has 0 amide bonds. The second-order valence-electron chi connectivity index (χ2n) is 6.12. The number of morpholine rings is 1. The van der Waals surface area contributed by atoms with Crippen molar-refractivity contribution in [3.05, 3.63) is 64.9 Å². The molecule has 2 heterocycles. The van der Waals surface area contributed by atoms with Gasteiger partial charge in [0.05, 0.1) is 30.8 Å². The third-order valence-electron chi connectivity index (χ3n) is 4.46. The zero-order valence-corrected chi connectivity index (χ0v) is 14.2. The topological polar surface area (TPSA) is 30.3 Å². The Morgan fingerprint density at radius 3 is 2.50 bits per heavy atom. The minimum atomic E-state index is 0.766. The van der Waals surface area contributed by atoms with Gasteiger partial charge in [0.25, 0.3) is 0 Å². The smallest absolute Gasteiger partial charge is 0.124 e. The summed E-state index contributed by atoms with van der Waals surface area (Å²) in [5.41, 5.74) is 3.45. The highest BCUT2D eigenvalue weighted by molar-refractivity contribution is 6.30. The molecule has 1 aliphatic heterocycles. The summed E-state index contributed by atoms with van der Waals surface area (Å²) in [6.45, 7) is 5.19. The van der Waals surface area contributed by atoms with Gasteiger partial charge in [-0.05, 0) is 29.8 Å². The highest BCUT2D eigenvalue weighted by atomic mass is 35.5. The summed E-state index contributed by atoms with van der Waals surface area (Å²) in [4.78, 5) is 7.28. The van der Waals surface area contributed by atoms with Gasteiger partial charge in [0.2, 0.25) is 0 Å². The fraction of sp³-hybridized carbons (Fsp3) is 0.316. The predicted octanol–water partition coefficient (Wildman–Crippen LogP) is 3.57. The number of rotatable bonds is 4. The number of ether oxygens (including phenoxy) is 1. The first kappa shape index (κ1) is 15.6. The van der Waals surface area contributed by atoms with Crippen LogP contribution >= 0.6 is 11.6 Å². The van der Waals surface area contributed by atoms with Gasteiger partial charge in [0.15, 0.2) is 0 Å². The lowest BCUT2D eigenvalue weighted by atomic mass is 10.2. The highest BCUT2D eigenvalue weighted by Crippen LogP contribution is 2.20. The third kappa shape index (κ3) is 3.31. The molecule has 0 unspecified atom stereocenters. The molecule has 1 aromatic heterocycles. The van der Waals surface area contributed by atoms with E-state index in [2.05, 4.69) is 39.8 Å². The fourth-order valence-corrected chi connectivity index (χ4v) is 3.28. The number of benzene rings is 2. The summed E-state index contributed by atoms with van der Waals surface area (Å²) in [6.07, 6.45) is 0. The number of para-hydroxylation sites is 2. The van der Waals surface area contributed by atoms with E-state index in [0.717, 1.165) is 55.8 Å². The molecule has 4 rings (SSSR count). The monoisotopic (exact) mass is 341 g/mol. The minimum Gasteiger partial charge on any atom is -0.379 e. The van der Waals surface area contributed by atoms with E-state index < -0.39 is 0 Å². The summed E-state index contributed by atoms with van der Waals surface area (Å²) in [7, 11) is 0. The van der Waals surface area contributed by atoms with Gasteiger partial charge in [-0.15, -0.1) is 0 Å². The molecule has 2 aromatic carbocycles. The molecular formula is C19H20ClN3O. The van der Waals surface area contributed by atoms with Gasteiger partial charge in [-0.25, -0.2) is 4.98 Å². The lowest BCUT2D eigenvalue weighted by Crippen LogP contribution is -2.36. The standard InChI is InChI=1S/C19H20ClN3O/c20-16-7-5-15(6-8-16)13-23-18-4-2-1-3-17(18)21-19(23)14-22-9-11-24-12-10-22/h1-8H,9-14H2. The van der Waals surface area contributed by atoms with Crippen LogP contribution in [-0.4, -0.2) is 40.8 Å². The highest BCUT2D eigenvalue weighted by Gasteiger charge is 2.16. The fourth-order valence-electron chi connectivity index (χ4n) is 3.15. The van der Waals surface area contributed by atoms with E-state index in [4.69, 9.17) is 21.3 Å². The molecule has 0 saturated carbocycles. The van der Waals surface area contributed by atoms with E-state index in [9.17, 15) is 0 Å². The number of hydrogen-bond donors (Lipinski definition) is 0. The maximum absolute atomic E-state index is 6.01. The van der Waals surface area contributed by atoms with E-state index in [1.807, 2.05) is 18.2 Å². The van der Waals surface area contributed by atoms with Crippen molar-refractivity contribution >= 4 is 22.6 Å². The summed E-state index contributed by atoms with van der Waals surface area (Å²) in [5.74, 6) is 1.10. The van der Waals surface area contributed by atoms with Gasteiger partial charge >= 0.3 is 0 Å². The van der Waals surface area contributed by atoms with Crippen LogP contribution in [-0.2, 0) is 17.8 Å². The van der Waals surface area contributed by atoms with Crippen LogP contribution in [0.1, 0.15) is 11.4 Å². The second kappa shape index (κ2) is 6.93. The van der Waals surface area contributed by atoms with Crippen LogP contribution < -0.4 is 0 Å². The number of fused-ring (bicyclic) bond motifs is 1. The van der Waals surface area contributed by atoms with E-state index in [0.29, 0.717) is 0 Å². The number of aromatic nitrogens is 2. The molecular weight excluding hydrogens is 322 g/mol. The van der Waals surface area contributed by atoms with Crippen molar-refractivity contribution < 1.29 is 4.74 Å². The summed E-state index contributed by atoms with van der Waals surface area (Å²) in [5, 5.41) is 0.766. The van der Waals surface area contributed by atoms with E-state index in [-0.39, 0.29) is 0 Å². The van der Waals surface area contributed by atoms with Gasteiger partial charge in [-0.3, -0.25) is 4.90 Å². The molecule has 0 radical (unpaired) electrons. The van der Waals surface area contributed by atoms with Gasteiger partial charge < -0.3 is 9.30 Å². The number of hydrogen-bond acceptors (Lipinski definition) is 3. The van der Waals surface area contributed by atoms with Crippen molar-refractivity contribution in [3.63, 3.8) is 0 Å². The first-order valence-corrected chi connectivity index (χ1v) is 8.66. The molecule has 0 aliphatic carbocycles. The zero-order valence-electron chi connectivity index (χ0n) is 13.5. The first-order chi connectivity index (χ1) is 11.8. The number of nitrogens with zero attached hydrogens (tertiary/aromatic N) is 3. The van der Waals surface area contributed by atoms with Crippen molar-refractivity contribution in [2.45, 2.75) is 13.1 Å². The van der Waals surface area contributed by atoms with Gasteiger partial charge in [0, 0.05) is 24.7 Å². The predicted molar refractivity (Wildman–Crippen MR) is 96.4 cm³/mol. The molecule has 1 fully saturated rings. The molecule has 24 heavy (non-hydrogen) atoms. The molecule has 0 bridgehead atoms. The van der Waals surface area contributed by atoms with Crippen molar-refractivity contribution in [2.75, 3.05) is 26.3 Å². The van der Waals surface area contributed by atoms with Crippen molar-refractivity contribution in [1.82, 2.24) is 14.5 Å². The quantitative estimate of drug-likeness (QED) is 0.726. The Bertz CT molecular complexity index is 822. The van der Waals surface area contributed by atoms with Crippen LogP contribution in [0, 0.1) is 0 Å². The minimum absolute atomic E-state index is 0.766. The Balaban J connectivity index is 1.68. The first-order valence-electron chi connectivity index (χ1n) is 8.28. The molecule has 124 valence electrons. The molecule has 0 atom stereocenters. The van der Waals surface area contributed by atoms with Crippen LogP contribution in [0.5, 0.6) is 0 Å². The Morgan fingerprint density at radius 1 is 0.958 bits per heavy atom. The number of imidazole rings is 1. The van der Waals surface area contributed by atoms with E-state index in [1.54, 1.807) is 0 Å². The Labute approximate surface area is 146 Å². The largest absolute Gasteiger partial charge is 0.379 e. The molecule has 1 aliphatic rings. The van der Waals surface area contributed by atoms with Gasteiger partial charge in [0.1, 0.15) is 5.82 Å². The van der Waals surface area contributed by atoms with Crippen LogP contribution in [0.15, 0.2) is 48.5 Å². The Kier molecular flexibility index (Phi) is 4.52. The average molecular weight is 342 g/mol. The maximum atomic E-state index is 6.01.